The Hall–Kier alpha value is -1.59. The summed E-state index contributed by atoms with van der Waals surface area (Å²) < 4.78 is 6.73. The number of rotatable bonds is 3. The molecule has 0 aliphatic carbocycles. The molecule has 2 atom stereocenters. The Morgan fingerprint density at radius 2 is 2.33 bits per heavy atom. The first-order valence-corrected chi connectivity index (χ1v) is 7.59. The predicted octanol–water partition coefficient (Wildman–Crippen LogP) is 1.73. The molecule has 1 aliphatic heterocycles. The molecule has 2 heterocycles. The Kier molecular flexibility index (Phi) is 3.63. The van der Waals surface area contributed by atoms with Gasteiger partial charge in [0, 0.05) is 19.5 Å². The van der Waals surface area contributed by atoms with Crippen LogP contribution in [0.2, 0.25) is 0 Å². The van der Waals surface area contributed by atoms with Gasteiger partial charge in [0.25, 0.3) is 0 Å². The minimum absolute atomic E-state index is 0.184. The van der Waals surface area contributed by atoms with E-state index in [1.165, 1.54) is 4.57 Å². The Morgan fingerprint density at radius 3 is 3.00 bits per heavy atom. The molecule has 1 aromatic heterocycles. The first-order valence-electron chi connectivity index (χ1n) is 7.59. The second kappa shape index (κ2) is 5.31. The van der Waals surface area contributed by atoms with Crippen molar-refractivity contribution in [1.29, 1.82) is 0 Å². The van der Waals surface area contributed by atoms with Gasteiger partial charge in [0.1, 0.15) is 0 Å². The van der Waals surface area contributed by atoms with Gasteiger partial charge in [-0.1, -0.05) is 13.0 Å². The fraction of sp³-hybridized carbons (Fsp3) is 0.562. The SMILES string of the molecule is CCC(O)(c1ccc2c(c1)oc(=O)n2C)C1CCCNC1. The molecule has 21 heavy (non-hydrogen) atoms. The van der Waals surface area contributed by atoms with Crippen molar-refractivity contribution in [3.05, 3.63) is 34.3 Å². The van der Waals surface area contributed by atoms with Gasteiger partial charge in [-0.05, 0) is 43.5 Å². The molecule has 3 rings (SSSR count). The number of hydrogen-bond acceptors (Lipinski definition) is 4. The topological polar surface area (TPSA) is 67.4 Å². The molecule has 2 N–H and O–H groups in total. The van der Waals surface area contributed by atoms with Crippen LogP contribution in [0.15, 0.2) is 27.4 Å². The highest BCUT2D eigenvalue weighted by Crippen LogP contribution is 2.37. The third-order valence-electron chi connectivity index (χ3n) is 4.80. The molecule has 1 fully saturated rings. The molecule has 0 radical (unpaired) electrons. The lowest BCUT2D eigenvalue weighted by Crippen LogP contribution is -2.43. The summed E-state index contributed by atoms with van der Waals surface area (Å²) in [5.41, 5.74) is 1.25. The molecule has 0 bridgehead atoms. The molecule has 5 nitrogen and oxygen atoms in total. The van der Waals surface area contributed by atoms with E-state index in [-0.39, 0.29) is 11.7 Å². The van der Waals surface area contributed by atoms with Crippen molar-refractivity contribution < 1.29 is 9.52 Å². The summed E-state index contributed by atoms with van der Waals surface area (Å²) in [7, 11) is 1.69. The van der Waals surface area contributed by atoms with Gasteiger partial charge in [-0.25, -0.2) is 4.79 Å². The van der Waals surface area contributed by atoms with Crippen molar-refractivity contribution in [3.63, 3.8) is 0 Å². The lowest BCUT2D eigenvalue weighted by molar-refractivity contribution is -0.0366. The number of piperidine rings is 1. The van der Waals surface area contributed by atoms with Crippen LogP contribution in [0.4, 0.5) is 0 Å². The number of aryl methyl sites for hydroxylation is 1. The molecule has 1 aliphatic rings. The van der Waals surface area contributed by atoms with E-state index in [0.717, 1.165) is 37.0 Å². The van der Waals surface area contributed by atoms with Gasteiger partial charge in [0.15, 0.2) is 5.58 Å². The van der Waals surface area contributed by atoms with Gasteiger partial charge in [0.05, 0.1) is 11.1 Å². The van der Waals surface area contributed by atoms with Crippen LogP contribution in [0.1, 0.15) is 31.7 Å². The second-order valence-electron chi connectivity index (χ2n) is 5.93. The van der Waals surface area contributed by atoms with Crippen molar-refractivity contribution in [1.82, 2.24) is 9.88 Å². The number of aromatic nitrogens is 1. The molecule has 0 amide bonds. The van der Waals surface area contributed by atoms with Crippen LogP contribution >= 0.6 is 0 Å². The first-order chi connectivity index (χ1) is 10.1. The largest absolute Gasteiger partial charge is 0.419 e. The van der Waals surface area contributed by atoms with E-state index >= 15 is 0 Å². The van der Waals surface area contributed by atoms with Gasteiger partial charge >= 0.3 is 5.76 Å². The minimum Gasteiger partial charge on any atom is -0.408 e. The number of nitrogens with one attached hydrogen (secondary N) is 1. The maximum atomic E-state index is 11.6. The molecular weight excluding hydrogens is 268 g/mol. The van der Waals surface area contributed by atoms with Gasteiger partial charge < -0.3 is 14.8 Å². The van der Waals surface area contributed by atoms with E-state index in [1.807, 2.05) is 25.1 Å². The van der Waals surface area contributed by atoms with Gasteiger partial charge in [-0.2, -0.15) is 0 Å². The number of benzene rings is 1. The van der Waals surface area contributed by atoms with Crippen molar-refractivity contribution in [2.24, 2.45) is 13.0 Å². The van der Waals surface area contributed by atoms with Crippen LogP contribution in [-0.2, 0) is 12.6 Å². The Morgan fingerprint density at radius 1 is 1.52 bits per heavy atom. The van der Waals surface area contributed by atoms with Gasteiger partial charge in [0.2, 0.25) is 0 Å². The summed E-state index contributed by atoms with van der Waals surface area (Å²) in [6.07, 6.45) is 2.73. The summed E-state index contributed by atoms with van der Waals surface area (Å²) in [5, 5.41) is 14.5. The third-order valence-corrected chi connectivity index (χ3v) is 4.80. The van der Waals surface area contributed by atoms with Crippen LogP contribution in [0.5, 0.6) is 0 Å². The van der Waals surface area contributed by atoms with E-state index in [4.69, 9.17) is 4.42 Å². The highest BCUT2D eigenvalue weighted by atomic mass is 16.4. The monoisotopic (exact) mass is 290 g/mol. The lowest BCUT2D eigenvalue weighted by Gasteiger charge is -2.38. The molecule has 0 spiro atoms. The average Bonchev–Trinajstić information content (AvgIpc) is 2.81. The molecule has 2 unspecified atom stereocenters. The van der Waals surface area contributed by atoms with E-state index < -0.39 is 5.60 Å². The van der Waals surface area contributed by atoms with Crippen LogP contribution in [0.3, 0.4) is 0 Å². The molecule has 0 saturated carbocycles. The molecular formula is C16H22N2O3. The Bertz CT molecular complexity index is 697. The molecule has 1 aromatic carbocycles. The normalized spacial score (nSPS) is 22.3. The zero-order chi connectivity index (χ0) is 15.0. The average molecular weight is 290 g/mol. The summed E-state index contributed by atoms with van der Waals surface area (Å²) in [6.45, 7) is 3.84. The third kappa shape index (κ3) is 2.30. The van der Waals surface area contributed by atoms with Crippen molar-refractivity contribution in [2.45, 2.75) is 31.8 Å². The standard InChI is InChI=1S/C16H22N2O3/c1-3-16(20,12-5-4-8-17-10-12)11-6-7-13-14(9-11)21-15(19)18(13)2/h6-7,9,12,17,20H,3-5,8,10H2,1-2H3. The highest BCUT2D eigenvalue weighted by molar-refractivity contribution is 5.74. The molecule has 2 aromatic rings. The van der Waals surface area contributed by atoms with Crippen LogP contribution in [0.25, 0.3) is 11.1 Å². The number of aliphatic hydroxyl groups is 1. The Balaban J connectivity index is 2.05. The number of hydrogen-bond donors (Lipinski definition) is 2. The zero-order valence-corrected chi connectivity index (χ0v) is 12.6. The highest BCUT2D eigenvalue weighted by Gasteiger charge is 2.37. The lowest BCUT2D eigenvalue weighted by atomic mass is 9.76. The zero-order valence-electron chi connectivity index (χ0n) is 12.6. The van der Waals surface area contributed by atoms with E-state index in [9.17, 15) is 9.90 Å². The summed E-state index contributed by atoms with van der Waals surface area (Å²) in [4.78, 5) is 11.6. The first kappa shape index (κ1) is 14.4. The van der Waals surface area contributed by atoms with Crippen molar-refractivity contribution in [3.8, 4) is 0 Å². The van der Waals surface area contributed by atoms with E-state index in [0.29, 0.717) is 12.0 Å². The Labute approximate surface area is 123 Å². The van der Waals surface area contributed by atoms with Crippen LogP contribution in [-0.4, -0.2) is 22.8 Å². The van der Waals surface area contributed by atoms with Crippen LogP contribution in [0, 0.1) is 5.92 Å². The molecule has 114 valence electrons. The summed E-state index contributed by atoms with van der Waals surface area (Å²) in [6, 6.07) is 5.58. The van der Waals surface area contributed by atoms with Crippen LogP contribution < -0.4 is 11.1 Å². The second-order valence-corrected chi connectivity index (χ2v) is 5.93. The maximum Gasteiger partial charge on any atom is 0.419 e. The van der Waals surface area contributed by atoms with Gasteiger partial charge in [-0.3, -0.25) is 4.57 Å². The number of fused-ring (bicyclic) bond motifs is 1. The van der Waals surface area contributed by atoms with Crippen molar-refractivity contribution in [2.75, 3.05) is 13.1 Å². The number of nitrogens with zero attached hydrogens (tertiary/aromatic N) is 1. The van der Waals surface area contributed by atoms with Gasteiger partial charge in [-0.15, -0.1) is 0 Å². The number of oxazole rings is 1. The fourth-order valence-electron chi connectivity index (χ4n) is 3.39. The molecule has 1 saturated heterocycles. The summed E-state index contributed by atoms with van der Waals surface area (Å²) in [5.74, 6) is -0.189. The maximum absolute atomic E-state index is 11.6. The summed E-state index contributed by atoms with van der Waals surface area (Å²) >= 11 is 0. The van der Waals surface area contributed by atoms with E-state index in [1.54, 1.807) is 7.05 Å². The quantitative estimate of drug-likeness (QED) is 0.903. The van der Waals surface area contributed by atoms with E-state index in [2.05, 4.69) is 5.32 Å². The fourth-order valence-corrected chi connectivity index (χ4v) is 3.39. The molecule has 5 heteroatoms. The smallest absolute Gasteiger partial charge is 0.408 e. The minimum atomic E-state index is -0.879. The predicted molar refractivity (Wildman–Crippen MR) is 81.2 cm³/mol. The van der Waals surface area contributed by atoms with Crippen molar-refractivity contribution >= 4 is 11.1 Å².